The number of nitriles is 1. The number of hydrogen-bond acceptors (Lipinski definition) is 6. The predicted octanol–water partition coefficient (Wildman–Crippen LogP) is 2.83. The van der Waals surface area contributed by atoms with Crippen LogP contribution in [0, 0.1) is 11.3 Å². The zero-order valence-corrected chi connectivity index (χ0v) is 15.2. The van der Waals surface area contributed by atoms with E-state index in [-0.39, 0.29) is 19.0 Å². The third-order valence-corrected chi connectivity index (χ3v) is 4.08. The van der Waals surface area contributed by atoms with Crippen LogP contribution in [0.25, 0.3) is 11.0 Å². The molecule has 7 nitrogen and oxygen atoms in total. The Kier molecular flexibility index (Phi) is 6.04. The van der Waals surface area contributed by atoms with Crippen molar-refractivity contribution in [1.82, 2.24) is 5.32 Å². The molecule has 1 unspecified atom stereocenters. The molecule has 1 N–H and O–H groups in total. The van der Waals surface area contributed by atoms with Crippen molar-refractivity contribution in [1.29, 1.82) is 5.26 Å². The van der Waals surface area contributed by atoms with Gasteiger partial charge in [-0.2, -0.15) is 5.26 Å². The first-order valence-corrected chi connectivity index (χ1v) is 8.53. The number of ether oxygens (including phenoxy) is 2. The number of benzene rings is 2. The maximum Gasteiger partial charge on any atom is 0.287 e. The van der Waals surface area contributed by atoms with Gasteiger partial charge in [-0.05, 0) is 42.0 Å². The van der Waals surface area contributed by atoms with Crippen LogP contribution >= 0.6 is 0 Å². The minimum Gasteiger partial charge on any atom is -0.497 e. The van der Waals surface area contributed by atoms with E-state index in [4.69, 9.17) is 19.2 Å². The van der Waals surface area contributed by atoms with Gasteiger partial charge in [0, 0.05) is 5.39 Å². The Morgan fingerprint density at radius 3 is 2.71 bits per heavy atom. The summed E-state index contributed by atoms with van der Waals surface area (Å²) in [4.78, 5) is 23.6. The van der Waals surface area contributed by atoms with Crippen LogP contribution in [0.4, 0.5) is 0 Å². The second-order valence-corrected chi connectivity index (χ2v) is 6.05. The molecule has 0 radical (unpaired) electrons. The van der Waals surface area contributed by atoms with E-state index in [1.54, 1.807) is 55.6 Å². The van der Waals surface area contributed by atoms with Gasteiger partial charge in [0.15, 0.2) is 5.76 Å². The molecule has 1 heterocycles. The van der Waals surface area contributed by atoms with Gasteiger partial charge in [0.2, 0.25) is 0 Å². The molecule has 0 aliphatic heterocycles. The van der Waals surface area contributed by atoms with Crippen molar-refractivity contribution < 1.29 is 23.5 Å². The van der Waals surface area contributed by atoms with Crippen LogP contribution in [-0.2, 0) is 16.1 Å². The van der Waals surface area contributed by atoms with E-state index in [2.05, 4.69) is 5.32 Å². The molecule has 142 valence electrons. The Morgan fingerprint density at radius 2 is 2.04 bits per heavy atom. The largest absolute Gasteiger partial charge is 0.497 e. The lowest BCUT2D eigenvalue weighted by atomic mass is 10.2. The highest BCUT2D eigenvalue weighted by Gasteiger charge is 2.17. The number of nitrogens with zero attached hydrogens (tertiary/aromatic N) is 1. The summed E-state index contributed by atoms with van der Waals surface area (Å²) in [5, 5.41) is 12.1. The average Bonchev–Trinajstić information content (AvgIpc) is 3.16. The molecule has 1 aromatic heterocycles. The number of aldehydes is 1. The highest BCUT2D eigenvalue weighted by molar-refractivity contribution is 5.97. The van der Waals surface area contributed by atoms with Gasteiger partial charge in [0.05, 0.1) is 32.0 Å². The number of rotatable bonds is 8. The number of carbonyl (C=O) groups is 2. The van der Waals surface area contributed by atoms with Crippen LogP contribution in [0.15, 0.2) is 52.9 Å². The van der Waals surface area contributed by atoms with Crippen molar-refractivity contribution in [2.45, 2.75) is 12.6 Å². The van der Waals surface area contributed by atoms with Gasteiger partial charge < -0.3 is 24.0 Å². The van der Waals surface area contributed by atoms with Gasteiger partial charge in [0.25, 0.3) is 5.91 Å². The van der Waals surface area contributed by atoms with E-state index in [0.29, 0.717) is 23.2 Å². The summed E-state index contributed by atoms with van der Waals surface area (Å²) in [6.45, 7) is 0.277. The lowest BCUT2D eigenvalue weighted by molar-refractivity contribution is -0.110. The third-order valence-electron chi connectivity index (χ3n) is 4.08. The SMILES string of the molecule is COc1ccc2oc(C(=O)NC(C=O)COCc3ccc(C#N)cc3)cc2c1. The van der Waals surface area contributed by atoms with Gasteiger partial charge in [0.1, 0.15) is 23.7 Å². The summed E-state index contributed by atoms with van der Waals surface area (Å²) in [7, 11) is 1.56. The fourth-order valence-corrected chi connectivity index (χ4v) is 2.59. The lowest BCUT2D eigenvalue weighted by Gasteiger charge is -2.12. The summed E-state index contributed by atoms with van der Waals surface area (Å²) >= 11 is 0. The highest BCUT2D eigenvalue weighted by Crippen LogP contribution is 2.24. The molecule has 1 amide bonds. The molecule has 0 aliphatic carbocycles. The Labute approximate surface area is 161 Å². The molecule has 1 atom stereocenters. The fraction of sp³-hybridized carbons (Fsp3) is 0.190. The molecule has 2 aromatic carbocycles. The number of methoxy groups -OCH3 is 1. The molecular formula is C21H18N2O5. The van der Waals surface area contributed by atoms with E-state index in [9.17, 15) is 9.59 Å². The van der Waals surface area contributed by atoms with E-state index in [1.807, 2.05) is 6.07 Å². The molecule has 0 saturated heterocycles. The molecule has 3 rings (SSSR count). The normalized spacial score (nSPS) is 11.6. The zero-order valence-electron chi connectivity index (χ0n) is 15.2. The second kappa shape index (κ2) is 8.84. The fourth-order valence-electron chi connectivity index (χ4n) is 2.59. The van der Waals surface area contributed by atoms with Crippen molar-refractivity contribution in [3.8, 4) is 11.8 Å². The monoisotopic (exact) mass is 378 g/mol. The smallest absolute Gasteiger partial charge is 0.287 e. The molecule has 0 bridgehead atoms. The minimum atomic E-state index is -0.811. The maximum atomic E-state index is 12.4. The number of furan rings is 1. The van der Waals surface area contributed by atoms with Crippen molar-refractivity contribution in [2.24, 2.45) is 0 Å². The molecule has 0 saturated carbocycles. The van der Waals surface area contributed by atoms with Gasteiger partial charge >= 0.3 is 0 Å². The van der Waals surface area contributed by atoms with Crippen molar-refractivity contribution >= 4 is 23.2 Å². The number of carbonyl (C=O) groups excluding carboxylic acids is 2. The number of nitrogens with one attached hydrogen (secondary N) is 1. The lowest BCUT2D eigenvalue weighted by Crippen LogP contribution is -2.39. The Morgan fingerprint density at radius 1 is 1.25 bits per heavy atom. The van der Waals surface area contributed by atoms with Gasteiger partial charge in [-0.15, -0.1) is 0 Å². The number of hydrogen-bond donors (Lipinski definition) is 1. The molecule has 3 aromatic rings. The van der Waals surface area contributed by atoms with Gasteiger partial charge in [-0.3, -0.25) is 4.79 Å². The standard InChI is InChI=1S/C21H18N2O5/c1-26-18-6-7-19-16(8-18)9-20(28-19)21(25)23-17(11-24)13-27-12-15-4-2-14(10-22)3-5-15/h2-9,11,17H,12-13H2,1H3,(H,23,25). The third kappa shape index (κ3) is 4.55. The van der Waals surface area contributed by atoms with Crippen LogP contribution in [0.3, 0.4) is 0 Å². The minimum absolute atomic E-state index is 0.0172. The van der Waals surface area contributed by atoms with E-state index >= 15 is 0 Å². The average molecular weight is 378 g/mol. The Bertz CT molecular complexity index is 1020. The highest BCUT2D eigenvalue weighted by atomic mass is 16.5. The zero-order chi connectivity index (χ0) is 19.9. The topological polar surface area (TPSA) is 102 Å². The van der Waals surface area contributed by atoms with E-state index in [0.717, 1.165) is 10.9 Å². The summed E-state index contributed by atoms with van der Waals surface area (Å²) in [5.74, 6) is 0.249. The first-order chi connectivity index (χ1) is 13.6. The second-order valence-electron chi connectivity index (χ2n) is 6.05. The van der Waals surface area contributed by atoms with Crippen LogP contribution in [-0.4, -0.2) is 32.0 Å². The molecule has 0 aliphatic rings. The summed E-state index contributed by atoms with van der Waals surface area (Å²) in [6, 6.07) is 14.9. The number of amides is 1. The molecular weight excluding hydrogens is 360 g/mol. The molecule has 7 heteroatoms. The molecule has 28 heavy (non-hydrogen) atoms. The van der Waals surface area contributed by atoms with Crippen LogP contribution in [0.5, 0.6) is 5.75 Å². The summed E-state index contributed by atoms with van der Waals surface area (Å²) < 4.78 is 16.2. The van der Waals surface area contributed by atoms with Crippen LogP contribution < -0.4 is 10.1 Å². The molecule has 0 fully saturated rings. The van der Waals surface area contributed by atoms with Crippen molar-refractivity contribution in [2.75, 3.05) is 13.7 Å². The Balaban J connectivity index is 1.56. The van der Waals surface area contributed by atoms with Crippen LogP contribution in [0.1, 0.15) is 21.7 Å². The quantitative estimate of drug-likeness (QED) is 0.605. The maximum absolute atomic E-state index is 12.4. The Hall–Kier alpha value is -3.63. The first kappa shape index (κ1) is 19.1. The summed E-state index contributed by atoms with van der Waals surface area (Å²) in [6.07, 6.45) is 0.613. The predicted molar refractivity (Wildman–Crippen MR) is 101 cm³/mol. The summed E-state index contributed by atoms with van der Waals surface area (Å²) in [5.41, 5.74) is 1.97. The van der Waals surface area contributed by atoms with Crippen molar-refractivity contribution in [3.05, 3.63) is 65.4 Å². The van der Waals surface area contributed by atoms with Crippen molar-refractivity contribution in [3.63, 3.8) is 0 Å². The molecule has 0 spiro atoms. The van der Waals surface area contributed by atoms with Gasteiger partial charge in [-0.25, -0.2) is 0 Å². The first-order valence-electron chi connectivity index (χ1n) is 8.53. The van der Waals surface area contributed by atoms with E-state index < -0.39 is 11.9 Å². The van der Waals surface area contributed by atoms with Crippen LogP contribution in [0.2, 0.25) is 0 Å². The number of fused-ring (bicyclic) bond motifs is 1. The van der Waals surface area contributed by atoms with Gasteiger partial charge in [-0.1, -0.05) is 12.1 Å². The van der Waals surface area contributed by atoms with E-state index in [1.165, 1.54) is 0 Å².